The maximum Gasteiger partial charge on any atom is 0.338 e. The molecule has 0 aliphatic rings. The van der Waals surface area contributed by atoms with Crippen molar-refractivity contribution in [1.29, 1.82) is 0 Å². The normalized spacial score (nSPS) is 9.87. The molecule has 1 aromatic carbocycles. The summed E-state index contributed by atoms with van der Waals surface area (Å²) in [6.07, 6.45) is 0. The van der Waals surface area contributed by atoms with Crippen molar-refractivity contribution < 1.29 is 9.53 Å². The van der Waals surface area contributed by atoms with Gasteiger partial charge < -0.3 is 9.64 Å². The molecule has 0 spiro atoms. The molecule has 0 atom stereocenters. The van der Waals surface area contributed by atoms with Gasteiger partial charge in [0.05, 0.1) is 12.7 Å². The lowest BCUT2D eigenvalue weighted by atomic mass is 9.89. The molecular weight excluding hydrogens is 189 g/mol. The van der Waals surface area contributed by atoms with Crippen LogP contribution in [0.1, 0.15) is 15.9 Å². The number of esters is 1. The van der Waals surface area contributed by atoms with Gasteiger partial charge in [0.2, 0.25) is 0 Å². The summed E-state index contributed by atoms with van der Waals surface area (Å²) < 4.78 is 4.69. The number of methoxy groups -OCH3 is 1. The Morgan fingerprint density at radius 1 is 1.40 bits per heavy atom. The zero-order valence-corrected chi connectivity index (χ0v) is 9.50. The molecule has 0 amide bonds. The van der Waals surface area contributed by atoms with Gasteiger partial charge in [-0.25, -0.2) is 4.79 Å². The summed E-state index contributed by atoms with van der Waals surface area (Å²) in [5, 5.41) is 0. The van der Waals surface area contributed by atoms with Gasteiger partial charge in [-0.15, -0.1) is 0 Å². The molecule has 0 saturated carbocycles. The number of hydrogen-bond acceptors (Lipinski definition) is 3. The first-order valence-corrected chi connectivity index (χ1v) is 4.63. The van der Waals surface area contributed by atoms with Gasteiger partial charge in [0.1, 0.15) is 7.85 Å². The van der Waals surface area contributed by atoms with E-state index < -0.39 is 0 Å². The van der Waals surface area contributed by atoms with Crippen LogP contribution in [0.25, 0.3) is 0 Å². The smallest absolute Gasteiger partial charge is 0.338 e. The van der Waals surface area contributed by atoms with Crippen molar-refractivity contribution in [3.05, 3.63) is 23.3 Å². The molecule has 0 aliphatic carbocycles. The van der Waals surface area contributed by atoms with E-state index in [1.165, 1.54) is 7.11 Å². The Bertz CT molecular complexity index is 388. The average molecular weight is 203 g/mol. The highest BCUT2D eigenvalue weighted by atomic mass is 16.5. The molecular formula is C11H14BNO2. The van der Waals surface area contributed by atoms with Crippen LogP contribution in [0.5, 0.6) is 0 Å². The molecule has 78 valence electrons. The topological polar surface area (TPSA) is 29.5 Å². The minimum absolute atomic E-state index is 0.337. The monoisotopic (exact) mass is 203 g/mol. The molecule has 1 rings (SSSR count). The van der Waals surface area contributed by atoms with Crippen LogP contribution in [0.3, 0.4) is 0 Å². The Morgan fingerprint density at radius 3 is 2.47 bits per heavy atom. The standard InChI is InChI=1S/C11H14BNO2/c1-7-5-9(12)10(13(2)3)6-8(7)11(14)15-4/h5-6H,1-4H3. The number of nitrogens with zero attached hydrogens (tertiary/aromatic N) is 1. The van der Waals surface area contributed by atoms with Gasteiger partial charge in [-0.05, 0) is 18.6 Å². The number of carbonyl (C=O) groups excluding carboxylic acids is 1. The summed E-state index contributed by atoms with van der Waals surface area (Å²) in [4.78, 5) is 13.3. The number of carbonyl (C=O) groups is 1. The summed E-state index contributed by atoms with van der Waals surface area (Å²) in [6, 6.07) is 3.53. The molecule has 0 saturated heterocycles. The van der Waals surface area contributed by atoms with E-state index >= 15 is 0 Å². The second-order valence-electron chi connectivity index (χ2n) is 3.61. The molecule has 15 heavy (non-hydrogen) atoms. The fourth-order valence-corrected chi connectivity index (χ4v) is 1.44. The van der Waals surface area contributed by atoms with Crippen molar-refractivity contribution >= 4 is 25.0 Å². The molecule has 2 radical (unpaired) electrons. The second-order valence-corrected chi connectivity index (χ2v) is 3.61. The van der Waals surface area contributed by atoms with Crippen molar-refractivity contribution in [1.82, 2.24) is 0 Å². The SMILES string of the molecule is [B]c1cc(C)c(C(=O)OC)cc1N(C)C. The van der Waals surface area contributed by atoms with Gasteiger partial charge in [-0.3, -0.25) is 0 Å². The molecule has 3 nitrogen and oxygen atoms in total. The van der Waals surface area contributed by atoms with Crippen molar-refractivity contribution in [2.75, 3.05) is 26.1 Å². The van der Waals surface area contributed by atoms with Gasteiger partial charge in [-0.1, -0.05) is 11.5 Å². The first-order chi connectivity index (χ1) is 6.97. The summed E-state index contributed by atoms with van der Waals surface area (Å²) in [5.74, 6) is -0.337. The summed E-state index contributed by atoms with van der Waals surface area (Å²) in [5.41, 5.74) is 2.85. The quantitative estimate of drug-likeness (QED) is 0.521. The largest absolute Gasteiger partial charge is 0.465 e. The van der Waals surface area contributed by atoms with Crippen LogP contribution in [0.4, 0.5) is 5.69 Å². The minimum Gasteiger partial charge on any atom is -0.465 e. The molecule has 0 fully saturated rings. The number of anilines is 1. The van der Waals surface area contributed by atoms with E-state index in [1.54, 1.807) is 12.1 Å². The number of rotatable bonds is 2. The maximum atomic E-state index is 11.4. The van der Waals surface area contributed by atoms with E-state index in [9.17, 15) is 4.79 Å². The van der Waals surface area contributed by atoms with Gasteiger partial charge in [0.25, 0.3) is 0 Å². The fraction of sp³-hybridized carbons (Fsp3) is 0.364. The first-order valence-electron chi connectivity index (χ1n) is 4.63. The third kappa shape index (κ3) is 2.32. The fourth-order valence-electron chi connectivity index (χ4n) is 1.44. The summed E-state index contributed by atoms with van der Waals surface area (Å²) in [6.45, 7) is 1.84. The molecule has 0 N–H and O–H groups in total. The van der Waals surface area contributed by atoms with Crippen molar-refractivity contribution in [3.63, 3.8) is 0 Å². The zero-order chi connectivity index (χ0) is 11.6. The van der Waals surface area contributed by atoms with E-state index in [0.717, 1.165) is 11.3 Å². The van der Waals surface area contributed by atoms with Gasteiger partial charge in [-0.2, -0.15) is 0 Å². The molecule has 0 bridgehead atoms. The van der Waals surface area contributed by atoms with Crippen LogP contribution in [0.2, 0.25) is 0 Å². The van der Waals surface area contributed by atoms with E-state index in [-0.39, 0.29) is 5.97 Å². The van der Waals surface area contributed by atoms with E-state index in [1.807, 2.05) is 25.9 Å². The molecule has 0 aromatic heterocycles. The minimum atomic E-state index is -0.337. The van der Waals surface area contributed by atoms with Crippen LogP contribution in [0, 0.1) is 6.92 Å². The summed E-state index contributed by atoms with van der Waals surface area (Å²) >= 11 is 0. The third-order valence-corrected chi connectivity index (χ3v) is 2.26. The lowest BCUT2D eigenvalue weighted by molar-refractivity contribution is 0.0600. The van der Waals surface area contributed by atoms with Crippen LogP contribution in [0.15, 0.2) is 12.1 Å². The highest BCUT2D eigenvalue weighted by Crippen LogP contribution is 2.15. The predicted molar refractivity (Wildman–Crippen MR) is 62.2 cm³/mol. The first kappa shape index (κ1) is 11.6. The Labute approximate surface area is 91.4 Å². The molecule has 0 heterocycles. The van der Waals surface area contributed by atoms with Crippen molar-refractivity contribution in [2.24, 2.45) is 0 Å². The van der Waals surface area contributed by atoms with Crippen LogP contribution in [-0.4, -0.2) is 35.0 Å². The van der Waals surface area contributed by atoms with Crippen molar-refractivity contribution in [3.8, 4) is 0 Å². The van der Waals surface area contributed by atoms with E-state index in [2.05, 4.69) is 0 Å². The Balaban J connectivity index is 3.29. The average Bonchev–Trinajstić information content (AvgIpc) is 2.16. The predicted octanol–water partition coefficient (Wildman–Crippen LogP) is 0.641. The van der Waals surface area contributed by atoms with Gasteiger partial charge in [0.15, 0.2) is 0 Å². The van der Waals surface area contributed by atoms with Gasteiger partial charge in [0, 0.05) is 19.8 Å². The maximum absolute atomic E-state index is 11.4. The molecule has 0 unspecified atom stereocenters. The van der Waals surface area contributed by atoms with Gasteiger partial charge >= 0.3 is 5.97 Å². The lowest BCUT2D eigenvalue weighted by Gasteiger charge is -2.18. The number of benzene rings is 1. The number of aryl methyl sites for hydroxylation is 1. The Morgan fingerprint density at radius 2 is 2.00 bits per heavy atom. The zero-order valence-electron chi connectivity index (χ0n) is 9.50. The van der Waals surface area contributed by atoms with E-state index in [4.69, 9.17) is 12.6 Å². The van der Waals surface area contributed by atoms with E-state index in [0.29, 0.717) is 11.0 Å². The number of hydrogen-bond donors (Lipinski definition) is 0. The van der Waals surface area contributed by atoms with Crippen LogP contribution < -0.4 is 10.4 Å². The Kier molecular flexibility index (Phi) is 3.40. The van der Waals surface area contributed by atoms with Crippen molar-refractivity contribution in [2.45, 2.75) is 6.92 Å². The second kappa shape index (κ2) is 4.38. The molecule has 0 aliphatic heterocycles. The molecule has 4 heteroatoms. The lowest BCUT2D eigenvalue weighted by Crippen LogP contribution is -2.21. The highest BCUT2D eigenvalue weighted by Gasteiger charge is 2.12. The van der Waals surface area contributed by atoms with Crippen LogP contribution in [-0.2, 0) is 4.74 Å². The third-order valence-electron chi connectivity index (χ3n) is 2.26. The number of ether oxygens (including phenoxy) is 1. The summed E-state index contributed by atoms with van der Waals surface area (Å²) in [7, 11) is 11.0. The highest BCUT2D eigenvalue weighted by molar-refractivity contribution is 6.36. The Hall–Kier alpha value is -1.45. The molecule has 1 aromatic rings. The van der Waals surface area contributed by atoms with Crippen LogP contribution >= 0.6 is 0 Å².